The van der Waals surface area contributed by atoms with E-state index in [2.05, 4.69) is 0 Å². The molecule has 0 saturated carbocycles. The summed E-state index contributed by atoms with van der Waals surface area (Å²) in [6.45, 7) is 3.58. The zero-order chi connectivity index (χ0) is 21.9. The lowest BCUT2D eigenvalue weighted by atomic mass is 10.0. The number of carbonyl (C=O) groups is 2. The average molecular weight is 462 g/mol. The van der Waals surface area contributed by atoms with Gasteiger partial charge in [-0.1, -0.05) is 11.6 Å². The number of carbonyl (C=O) groups excluding carboxylic acids is 2. The quantitative estimate of drug-likeness (QED) is 0.535. The van der Waals surface area contributed by atoms with Gasteiger partial charge in [-0.3, -0.25) is 9.59 Å². The summed E-state index contributed by atoms with van der Waals surface area (Å²) in [5.41, 5.74) is 0.942. The van der Waals surface area contributed by atoms with Gasteiger partial charge in [0.25, 0.3) is 0 Å². The van der Waals surface area contributed by atoms with Crippen molar-refractivity contribution in [1.82, 2.24) is 4.40 Å². The van der Waals surface area contributed by atoms with Crippen molar-refractivity contribution in [1.29, 1.82) is 0 Å². The Morgan fingerprint density at radius 3 is 2.58 bits per heavy atom. The van der Waals surface area contributed by atoms with Crippen molar-refractivity contribution in [2.24, 2.45) is 0 Å². The summed E-state index contributed by atoms with van der Waals surface area (Å²) >= 11 is 7.23. The van der Waals surface area contributed by atoms with Crippen LogP contribution in [0, 0.1) is 0 Å². The maximum Gasteiger partial charge on any atom is 0.211 e. The minimum absolute atomic E-state index is 0.130. The van der Waals surface area contributed by atoms with Crippen molar-refractivity contribution in [3.63, 3.8) is 0 Å². The lowest BCUT2D eigenvalue weighted by Crippen LogP contribution is -2.40. The van der Waals surface area contributed by atoms with Crippen LogP contribution >= 0.6 is 22.9 Å². The average Bonchev–Trinajstić information content (AvgIpc) is 3.45. The largest absolute Gasteiger partial charge is 0.375 e. The molecule has 4 atom stereocenters. The predicted molar refractivity (Wildman–Crippen MR) is 114 cm³/mol. The number of benzene rings is 1. The second-order valence-electron chi connectivity index (χ2n) is 7.95. The second kappa shape index (κ2) is 7.51. The van der Waals surface area contributed by atoms with Crippen LogP contribution in [0.15, 0.2) is 42.6 Å². The van der Waals surface area contributed by atoms with Crippen LogP contribution in [0.4, 0.5) is 0 Å². The molecule has 0 N–H and O–H groups in total. The van der Waals surface area contributed by atoms with Gasteiger partial charge in [0.15, 0.2) is 18.2 Å². The van der Waals surface area contributed by atoms with Crippen molar-refractivity contribution in [2.75, 3.05) is 7.11 Å². The highest BCUT2D eigenvalue weighted by Gasteiger charge is 2.57. The predicted octanol–water partition coefficient (Wildman–Crippen LogP) is 3.96. The zero-order valence-electron chi connectivity index (χ0n) is 17.0. The van der Waals surface area contributed by atoms with Crippen LogP contribution in [0.1, 0.15) is 39.6 Å². The molecule has 2 aliphatic heterocycles. The molecule has 2 fully saturated rings. The van der Waals surface area contributed by atoms with Gasteiger partial charge in [0.1, 0.15) is 17.0 Å². The van der Waals surface area contributed by atoms with Crippen LogP contribution in [0.5, 0.6) is 0 Å². The van der Waals surface area contributed by atoms with Gasteiger partial charge < -0.3 is 23.3 Å². The van der Waals surface area contributed by atoms with E-state index in [-0.39, 0.29) is 11.6 Å². The number of halogens is 1. The Morgan fingerprint density at radius 2 is 1.87 bits per heavy atom. The normalized spacial score (nSPS) is 27.0. The van der Waals surface area contributed by atoms with E-state index in [1.807, 2.05) is 6.07 Å². The number of fused-ring (bicyclic) bond motifs is 2. The van der Waals surface area contributed by atoms with Crippen molar-refractivity contribution >= 4 is 39.3 Å². The summed E-state index contributed by atoms with van der Waals surface area (Å²) in [4.78, 5) is 27.5. The summed E-state index contributed by atoms with van der Waals surface area (Å²) in [5, 5.41) is 0.564. The first-order chi connectivity index (χ1) is 14.8. The van der Waals surface area contributed by atoms with Gasteiger partial charge in [-0.25, -0.2) is 0 Å². The summed E-state index contributed by atoms with van der Waals surface area (Å²) < 4.78 is 24.8. The molecule has 31 heavy (non-hydrogen) atoms. The van der Waals surface area contributed by atoms with Crippen molar-refractivity contribution in [3.8, 4) is 0 Å². The van der Waals surface area contributed by atoms with E-state index in [1.165, 1.54) is 18.4 Å². The minimum atomic E-state index is -0.871. The first-order valence-corrected chi connectivity index (χ1v) is 11.0. The maximum atomic E-state index is 13.3. The highest BCUT2D eigenvalue weighted by Crippen LogP contribution is 2.39. The minimum Gasteiger partial charge on any atom is -0.375 e. The molecule has 1 aromatic carbocycles. The van der Waals surface area contributed by atoms with Gasteiger partial charge in [0, 0.05) is 23.9 Å². The van der Waals surface area contributed by atoms with E-state index in [0.717, 1.165) is 4.83 Å². The molecule has 2 aromatic heterocycles. The first-order valence-electron chi connectivity index (χ1n) is 9.77. The van der Waals surface area contributed by atoms with Gasteiger partial charge in [-0.05, 0) is 50.2 Å². The molecule has 162 valence electrons. The number of ketones is 2. The number of hydrogen-bond donors (Lipinski definition) is 0. The number of methoxy groups -OCH3 is 1. The SMILES string of the molecule is CO[C@@H]1[C@H]2OC(C)(C)O[C@H]2O[C@@H]1C(=O)c1ccc2sc(C(=O)c3ccc(Cl)cc3)cn12. The smallest absolute Gasteiger partial charge is 0.211 e. The van der Waals surface area contributed by atoms with Crippen molar-refractivity contribution in [2.45, 2.75) is 44.2 Å². The highest BCUT2D eigenvalue weighted by atomic mass is 35.5. The standard InChI is InChI=1S/C22H20ClNO6S/c1-22(2)29-20-19(27-3)18(28-21(20)30-22)17(26)13-8-9-15-24(13)10-14(31-15)16(25)11-4-6-12(23)7-5-11/h4-10,18-21H,1-3H3/t18-,19+,20-,21-/m1/s1. The molecule has 0 radical (unpaired) electrons. The van der Waals surface area contributed by atoms with Crippen LogP contribution in [-0.2, 0) is 18.9 Å². The highest BCUT2D eigenvalue weighted by molar-refractivity contribution is 7.19. The molecule has 7 nitrogen and oxygen atoms in total. The summed E-state index contributed by atoms with van der Waals surface area (Å²) in [6.07, 6.45) is -0.955. The molecule has 0 unspecified atom stereocenters. The third-order valence-electron chi connectivity index (χ3n) is 5.45. The van der Waals surface area contributed by atoms with Crippen molar-refractivity contribution in [3.05, 3.63) is 63.8 Å². The zero-order valence-corrected chi connectivity index (χ0v) is 18.6. The fourth-order valence-electron chi connectivity index (χ4n) is 4.05. The van der Waals surface area contributed by atoms with Crippen LogP contribution in [0.25, 0.3) is 4.83 Å². The van der Waals surface area contributed by atoms with Gasteiger partial charge in [0.2, 0.25) is 11.6 Å². The molecule has 0 bridgehead atoms. The van der Waals surface area contributed by atoms with E-state index in [4.69, 9.17) is 30.5 Å². The third kappa shape index (κ3) is 3.53. The Kier molecular flexibility index (Phi) is 5.04. The number of hydrogen-bond acceptors (Lipinski definition) is 7. The summed E-state index contributed by atoms with van der Waals surface area (Å²) in [5.74, 6) is -1.18. The molecule has 3 aromatic rings. The van der Waals surface area contributed by atoms with Gasteiger partial charge in [0.05, 0.1) is 10.6 Å². The Morgan fingerprint density at radius 1 is 1.13 bits per heavy atom. The molecular formula is C22H20ClNO6S. The first kappa shape index (κ1) is 20.8. The van der Waals surface area contributed by atoms with E-state index >= 15 is 0 Å². The molecule has 2 aliphatic rings. The van der Waals surface area contributed by atoms with E-state index in [9.17, 15) is 9.59 Å². The topological polar surface area (TPSA) is 75.5 Å². The molecule has 4 heterocycles. The van der Waals surface area contributed by atoms with E-state index in [1.54, 1.807) is 54.8 Å². The number of rotatable bonds is 5. The van der Waals surface area contributed by atoms with Crippen LogP contribution in [0.3, 0.4) is 0 Å². The van der Waals surface area contributed by atoms with E-state index < -0.39 is 30.4 Å². The lowest BCUT2D eigenvalue weighted by molar-refractivity contribution is -0.210. The van der Waals surface area contributed by atoms with Gasteiger partial charge in [-0.15, -0.1) is 11.3 Å². The Balaban J connectivity index is 1.42. The Hall–Kier alpha value is -2.07. The fourth-order valence-corrected chi connectivity index (χ4v) is 5.15. The molecule has 0 aliphatic carbocycles. The Labute approximate surface area is 187 Å². The number of ether oxygens (including phenoxy) is 4. The fraction of sp³-hybridized carbons (Fsp3) is 0.364. The van der Waals surface area contributed by atoms with Crippen molar-refractivity contribution < 1.29 is 28.5 Å². The summed E-state index contributed by atoms with van der Waals surface area (Å²) in [7, 11) is 1.52. The van der Waals surface area contributed by atoms with Crippen LogP contribution in [-0.4, -0.2) is 53.5 Å². The molecule has 2 saturated heterocycles. The van der Waals surface area contributed by atoms with Gasteiger partial charge >= 0.3 is 0 Å². The van der Waals surface area contributed by atoms with E-state index in [0.29, 0.717) is 21.2 Å². The Bertz CT molecular complexity index is 1170. The van der Waals surface area contributed by atoms with Crippen LogP contribution < -0.4 is 0 Å². The molecule has 0 spiro atoms. The van der Waals surface area contributed by atoms with Gasteiger partial charge in [-0.2, -0.15) is 0 Å². The third-order valence-corrected chi connectivity index (χ3v) is 6.75. The monoisotopic (exact) mass is 461 g/mol. The number of Topliss-reactive ketones (excluding diaryl/α,β-unsaturated/α-hetero) is 1. The van der Waals surface area contributed by atoms with Crippen LogP contribution in [0.2, 0.25) is 5.02 Å². The lowest BCUT2D eigenvalue weighted by Gasteiger charge is -2.24. The second-order valence-corrected chi connectivity index (χ2v) is 9.45. The maximum absolute atomic E-state index is 13.3. The summed E-state index contributed by atoms with van der Waals surface area (Å²) in [6, 6.07) is 10.2. The molecule has 5 rings (SSSR count). The number of thiazole rings is 1. The number of aromatic nitrogens is 1. The molecular weight excluding hydrogens is 442 g/mol. The molecule has 0 amide bonds. The molecule has 9 heteroatoms. The number of nitrogens with zero attached hydrogens (tertiary/aromatic N) is 1.